The minimum absolute atomic E-state index is 0.141. The molecule has 3 N–H and O–H groups in total. The lowest BCUT2D eigenvalue weighted by Gasteiger charge is -2.18. The van der Waals surface area contributed by atoms with Crippen molar-refractivity contribution in [2.24, 2.45) is 5.92 Å². The fourth-order valence-electron chi connectivity index (χ4n) is 3.01. The van der Waals surface area contributed by atoms with Crippen LogP contribution in [-0.4, -0.2) is 50.4 Å². The smallest absolute Gasteiger partial charge is 0.145 e. The molecule has 0 radical (unpaired) electrons. The number of halogens is 1. The molecule has 0 bridgehead atoms. The summed E-state index contributed by atoms with van der Waals surface area (Å²) in [6.07, 6.45) is 6.92. The molecule has 8 heteroatoms. The van der Waals surface area contributed by atoms with Crippen LogP contribution in [0.2, 0.25) is 5.02 Å². The first-order valence-electron chi connectivity index (χ1n) is 7.78. The molecule has 1 saturated heterocycles. The van der Waals surface area contributed by atoms with E-state index in [1.54, 1.807) is 29.3 Å². The Morgan fingerprint density at radius 3 is 3.08 bits per heavy atom. The van der Waals surface area contributed by atoms with E-state index in [0.29, 0.717) is 10.8 Å². The highest BCUT2D eigenvalue weighted by atomic mass is 35.5. The Morgan fingerprint density at radius 2 is 2.21 bits per heavy atom. The third-order valence-electron chi connectivity index (χ3n) is 4.30. The number of aromatic nitrogens is 4. The lowest BCUT2D eigenvalue weighted by atomic mass is 10.1. The number of nitrogens with one attached hydrogen (secondary N) is 2. The average molecular weight is 345 g/mol. The molecule has 2 atom stereocenters. The highest BCUT2D eigenvalue weighted by molar-refractivity contribution is 6.30. The largest absolute Gasteiger partial charge is 0.396 e. The summed E-state index contributed by atoms with van der Waals surface area (Å²) >= 11 is 6.00. The molecule has 1 aliphatic heterocycles. The van der Waals surface area contributed by atoms with Gasteiger partial charge < -0.3 is 15.7 Å². The molecule has 3 aromatic heterocycles. The third-order valence-corrected chi connectivity index (χ3v) is 4.52. The van der Waals surface area contributed by atoms with Crippen LogP contribution in [-0.2, 0) is 0 Å². The predicted octanol–water partition coefficient (Wildman–Crippen LogP) is 1.44. The lowest BCUT2D eigenvalue weighted by molar-refractivity contribution is 0.231. The number of hydrogen-bond donors (Lipinski definition) is 3. The highest BCUT2D eigenvalue weighted by Gasteiger charge is 2.26. The second-order valence-corrected chi connectivity index (χ2v) is 6.31. The molecular weight excluding hydrogens is 328 g/mol. The summed E-state index contributed by atoms with van der Waals surface area (Å²) in [7, 11) is 0. The van der Waals surface area contributed by atoms with Crippen LogP contribution in [0.15, 0.2) is 36.9 Å². The molecular formula is C16H17ClN6O. The number of nitrogens with zero attached hydrogens (tertiary/aromatic N) is 4. The molecule has 4 heterocycles. The molecule has 0 saturated carbocycles. The molecule has 24 heavy (non-hydrogen) atoms. The van der Waals surface area contributed by atoms with Crippen LogP contribution < -0.4 is 10.6 Å². The summed E-state index contributed by atoms with van der Waals surface area (Å²) in [5, 5.41) is 21.0. The van der Waals surface area contributed by atoms with Crippen molar-refractivity contribution in [2.45, 2.75) is 6.04 Å². The van der Waals surface area contributed by atoms with E-state index in [0.717, 1.165) is 29.9 Å². The summed E-state index contributed by atoms with van der Waals surface area (Å²) in [5.41, 5.74) is 2.55. The van der Waals surface area contributed by atoms with Crippen molar-refractivity contribution in [3.63, 3.8) is 0 Å². The van der Waals surface area contributed by atoms with Crippen LogP contribution in [0.4, 0.5) is 5.82 Å². The standard InChI is InChI=1S/C16H17ClN6O/c17-11-1-2-15-12(4-20-23(15)8-11)14-6-19-7-16(22-14)21-13-5-18-3-10(13)9-24/h1-2,4,6-8,10,13,18,24H,3,5,9H2,(H,21,22)/t10-,13-/m0/s1. The van der Waals surface area contributed by atoms with Gasteiger partial charge in [0.25, 0.3) is 0 Å². The molecule has 0 spiro atoms. The zero-order valence-electron chi connectivity index (χ0n) is 12.9. The SMILES string of the molecule is OC[C@@H]1CNC[C@@H]1Nc1cncc(-c2cnn3cc(Cl)ccc23)n1. The second-order valence-electron chi connectivity index (χ2n) is 5.88. The van der Waals surface area contributed by atoms with E-state index < -0.39 is 0 Å². The topological polar surface area (TPSA) is 87.4 Å². The monoisotopic (exact) mass is 344 g/mol. The Hall–Kier alpha value is -2.22. The predicted molar refractivity (Wildman–Crippen MR) is 92.1 cm³/mol. The Kier molecular flexibility index (Phi) is 4.05. The van der Waals surface area contributed by atoms with Crippen molar-refractivity contribution < 1.29 is 5.11 Å². The van der Waals surface area contributed by atoms with Gasteiger partial charge in [0.2, 0.25) is 0 Å². The van der Waals surface area contributed by atoms with Gasteiger partial charge in [-0.2, -0.15) is 5.10 Å². The van der Waals surface area contributed by atoms with Crippen LogP contribution in [0.3, 0.4) is 0 Å². The van der Waals surface area contributed by atoms with E-state index >= 15 is 0 Å². The summed E-state index contributed by atoms with van der Waals surface area (Å²) in [5.74, 6) is 0.863. The summed E-state index contributed by atoms with van der Waals surface area (Å²) < 4.78 is 1.72. The first-order chi connectivity index (χ1) is 11.7. The maximum Gasteiger partial charge on any atom is 0.145 e. The molecule has 4 rings (SSSR count). The molecule has 7 nitrogen and oxygen atoms in total. The van der Waals surface area contributed by atoms with E-state index in [1.165, 1.54) is 0 Å². The number of rotatable bonds is 4. The van der Waals surface area contributed by atoms with Crippen molar-refractivity contribution in [1.82, 2.24) is 24.9 Å². The third kappa shape index (κ3) is 2.82. The maximum atomic E-state index is 9.42. The minimum atomic E-state index is 0.141. The first-order valence-corrected chi connectivity index (χ1v) is 8.16. The van der Waals surface area contributed by atoms with Crippen LogP contribution in [0.1, 0.15) is 0 Å². The second kappa shape index (κ2) is 6.35. The number of anilines is 1. The van der Waals surface area contributed by atoms with Gasteiger partial charge in [-0.15, -0.1) is 0 Å². The van der Waals surface area contributed by atoms with Gasteiger partial charge in [0, 0.05) is 43.4 Å². The van der Waals surface area contributed by atoms with Crippen molar-refractivity contribution >= 4 is 22.9 Å². The van der Waals surface area contributed by atoms with Crippen molar-refractivity contribution in [2.75, 3.05) is 25.0 Å². The molecule has 0 amide bonds. The molecule has 3 aromatic rings. The fraction of sp³-hybridized carbons (Fsp3) is 0.312. The van der Waals surface area contributed by atoms with Gasteiger partial charge in [0.1, 0.15) is 5.82 Å². The van der Waals surface area contributed by atoms with E-state index in [2.05, 4.69) is 25.7 Å². The number of hydrogen-bond acceptors (Lipinski definition) is 6. The highest BCUT2D eigenvalue weighted by Crippen LogP contribution is 2.25. The number of fused-ring (bicyclic) bond motifs is 1. The molecule has 1 aliphatic rings. The van der Waals surface area contributed by atoms with Gasteiger partial charge >= 0.3 is 0 Å². The van der Waals surface area contributed by atoms with Crippen LogP contribution in [0.25, 0.3) is 16.8 Å². The molecule has 1 fully saturated rings. The molecule has 124 valence electrons. The zero-order chi connectivity index (χ0) is 16.5. The van der Waals surface area contributed by atoms with Gasteiger partial charge in [-0.3, -0.25) is 4.98 Å². The summed E-state index contributed by atoms with van der Waals surface area (Å²) in [4.78, 5) is 8.94. The van der Waals surface area contributed by atoms with Gasteiger partial charge in [-0.25, -0.2) is 9.50 Å². The van der Waals surface area contributed by atoms with E-state index in [9.17, 15) is 5.11 Å². The summed E-state index contributed by atoms with van der Waals surface area (Å²) in [6, 6.07) is 3.88. The van der Waals surface area contributed by atoms with Crippen molar-refractivity contribution in [3.8, 4) is 11.3 Å². The quantitative estimate of drug-likeness (QED) is 0.664. The Bertz CT molecular complexity index is 867. The fourth-order valence-corrected chi connectivity index (χ4v) is 3.16. The number of pyridine rings is 1. The van der Waals surface area contributed by atoms with Crippen molar-refractivity contribution in [1.29, 1.82) is 0 Å². The molecule has 0 aromatic carbocycles. The number of aliphatic hydroxyl groups is 1. The summed E-state index contributed by atoms with van der Waals surface area (Å²) in [6.45, 7) is 1.75. The van der Waals surface area contributed by atoms with Crippen molar-refractivity contribution in [3.05, 3.63) is 41.9 Å². The Labute approximate surface area is 143 Å². The first kappa shape index (κ1) is 15.3. The van der Waals surface area contributed by atoms with Gasteiger partial charge in [-0.1, -0.05) is 11.6 Å². The lowest BCUT2D eigenvalue weighted by Crippen LogP contribution is -2.30. The number of aliphatic hydroxyl groups excluding tert-OH is 1. The normalized spacial score (nSPS) is 20.6. The van der Waals surface area contributed by atoms with E-state index in [4.69, 9.17) is 11.6 Å². The van der Waals surface area contributed by atoms with Gasteiger partial charge in [0.05, 0.1) is 34.8 Å². The Balaban J connectivity index is 1.64. The van der Waals surface area contributed by atoms with Gasteiger partial charge in [0.15, 0.2) is 0 Å². The zero-order valence-corrected chi connectivity index (χ0v) is 13.6. The van der Waals surface area contributed by atoms with Crippen LogP contribution >= 0.6 is 11.6 Å². The molecule has 0 unspecified atom stereocenters. The minimum Gasteiger partial charge on any atom is -0.396 e. The maximum absolute atomic E-state index is 9.42. The van der Waals surface area contributed by atoms with Crippen LogP contribution in [0, 0.1) is 5.92 Å². The van der Waals surface area contributed by atoms with E-state index in [1.807, 2.05) is 12.1 Å². The Morgan fingerprint density at radius 1 is 1.29 bits per heavy atom. The average Bonchev–Trinajstić information content (AvgIpc) is 3.21. The molecule has 0 aliphatic carbocycles. The van der Waals surface area contributed by atoms with Crippen LogP contribution in [0.5, 0.6) is 0 Å². The van der Waals surface area contributed by atoms with E-state index in [-0.39, 0.29) is 18.6 Å². The van der Waals surface area contributed by atoms with Gasteiger partial charge in [-0.05, 0) is 12.1 Å².